The Balaban J connectivity index is 0.000000290. The number of benzene rings is 1. The molecule has 0 amide bonds. The minimum atomic E-state index is -4.14. The largest absolute Gasteiger partial charge is 0.343 e. The summed E-state index contributed by atoms with van der Waals surface area (Å²) in [6, 6.07) is 7.94. The van der Waals surface area contributed by atoms with Gasteiger partial charge in [0, 0.05) is 0 Å². The van der Waals surface area contributed by atoms with Crippen molar-refractivity contribution in [2.24, 2.45) is 5.14 Å². The summed E-state index contributed by atoms with van der Waals surface area (Å²) in [4.78, 5) is 0. The number of hydrogen-bond donors (Lipinski definition) is 1. The zero-order chi connectivity index (χ0) is 21.5. The van der Waals surface area contributed by atoms with E-state index in [-0.39, 0.29) is 18.5 Å². The first-order valence-corrected chi connectivity index (χ1v) is 10.5. The Morgan fingerprint density at radius 3 is 2.31 bits per heavy atom. The van der Waals surface area contributed by atoms with Crippen molar-refractivity contribution >= 4 is 10.3 Å². The summed E-state index contributed by atoms with van der Waals surface area (Å²) in [5.74, 6) is -3.37. The van der Waals surface area contributed by atoms with Crippen LogP contribution in [-0.2, 0) is 38.2 Å². The first-order chi connectivity index (χ1) is 13.3. The van der Waals surface area contributed by atoms with E-state index in [1.165, 1.54) is 12.1 Å². The quantitative estimate of drug-likeness (QED) is 0.758. The second kappa shape index (κ2) is 7.82. The summed E-state index contributed by atoms with van der Waals surface area (Å²) in [5, 5.41) is 4.89. The van der Waals surface area contributed by atoms with E-state index in [4.69, 9.17) is 33.0 Å². The molecule has 0 unspecified atom stereocenters. The molecule has 3 fully saturated rings. The molecular weight excluding hydrogens is 409 g/mol. The van der Waals surface area contributed by atoms with Crippen molar-refractivity contribution in [2.45, 2.75) is 63.4 Å². The molecule has 3 heterocycles. The minimum absolute atomic E-state index is 0.165. The number of ether oxygens (including phenoxy) is 5. The fraction of sp³-hybridized carbons (Fsp3) is 0.667. The molecule has 0 aromatic heterocycles. The van der Waals surface area contributed by atoms with Gasteiger partial charge in [-0.25, -0.2) is 9.53 Å². The Hall–Kier alpha value is -1.18. The lowest BCUT2D eigenvalue weighted by Gasteiger charge is -2.40. The van der Waals surface area contributed by atoms with Gasteiger partial charge >= 0.3 is 10.3 Å². The van der Waals surface area contributed by atoms with Crippen LogP contribution < -0.4 is 5.14 Å². The lowest BCUT2D eigenvalue weighted by molar-refractivity contribution is -0.290. The van der Waals surface area contributed by atoms with Crippen LogP contribution >= 0.6 is 0 Å². The van der Waals surface area contributed by atoms with E-state index in [2.05, 4.69) is 0 Å². The van der Waals surface area contributed by atoms with E-state index in [0.29, 0.717) is 0 Å². The summed E-state index contributed by atoms with van der Waals surface area (Å²) in [7, 11) is -4.14. The van der Waals surface area contributed by atoms with Gasteiger partial charge in [-0.3, -0.25) is 4.18 Å². The van der Waals surface area contributed by atoms with E-state index in [0.717, 1.165) is 0 Å². The van der Waals surface area contributed by atoms with Gasteiger partial charge in [-0.2, -0.15) is 8.42 Å². The zero-order valence-corrected chi connectivity index (χ0v) is 17.5. The summed E-state index contributed by atoms with van der Waals surface area (Å²) in [6.45, 7) is 6.71. The fourth-order valence-electron chi connectivity index (χ4n) is 3.53. The van der Waals surface area contributed by atoms with Gasteiger partial charge in [-0.1, -0.05) is 18.2 Å². The highest BCUT2D eigenvalue weighted by Gasteiger charge is 2.65. The molecule has 4 rings (SSSR count). The number of hydrogen-bond acceptors (Lipinski definition) is 8. The van der Waals surface area contributed by atoms with Gasteiger partial charge in [0.15, 0.2) is 11.6 Å². The molecule has 0 aliphatic carbocycles. The highest BCUT2D eigenvalue weighted by Crippen LogP contribution is 2.47. The molecule has 0 saturated carbocycles. The van der Waals surface area contributed by atoms with Crippen LogP contribution in [0.15, 0.2) is 30.3 Å². The molecule has 29 heavy (non-hydrogen) atoms. The Morgan fingerprint density at radius 2 is 1.76 bits per heavy atom. The van der Waals surface area contributed by atoms with Gasteiger partial charge in [-0.05, 0) is 39.8 Å². The predicted octanol–water partition coefficient (Wildman–Crippen LogP) is 1.43. The Bertz CT molecular complexity index is 818. The highest BCUT2D eigenvalue weighted by atomic mass is 32.2. The smallest absolute Gasteiger partial charge is 0.333 e. The number of halogens is 1. The molecule has 3 saturated heterocycles. The van der Waals surface area contributed by atoms with Crippen LogP contribution in [0.4, 0.5) is 4.39 Å². The van der Waals surface area contributed by atoms with E-state index in [9.17, 15) is 12.8 Å². The van der Waals surface area contributed by atoms with Crippen LogP contribution in [0.1, 0.15) is 27.7 Å². The lowest BCUT2D eigenvalue weighted by Crippen LogP contribution is -2.60. The van der Waals surface area contributed by atoms with Crippen LogP contribution in [0.2, 0.25) is 0 Å². The maximum atomic E-state index is 11.9. The van der Waals surface area contributed by atoms with Crippen LogP contribution in [0, 0.1) is 5.82 Å². The molecule has 3 aliphatic rings. The maximum absolute atomic E-state index is 11.9. The van der Waals surface area contributed by atoms with Crippen LogP contribution in [0.25, 0.3) is 0 Å². The van der Waals surface area contributed by atoms with Gasteiger partial charge in [0.05, 0.1) is 6.61 Å². The van der Waals surface area contributed by atoms with Gasteiger partial charge < -0.3 is 23.7 Å². The second-order valence-electron chi connectivity index (χ2n) is 7.85. The Labute approximate surface area is 169 Å². The molecule has 0 spiro atoms. The fourth-order valence-corrected chi connectivity index (χ4v) is 3.86. The topological polar surface area (TPSA) is 116 Å². The molecule has 0 bridgehead atoms. The Morgan fingerprint density at radius 1 is 1.10 bits per heavy atom. The number of rotatable bonds is 3. The van der Waals surface area contributed by atoms with Crippen molar-refractivity contribution < 1.29 is 40.7 Å². The van der Waals surface area contributed by atoms with Crippen LogP contribution in [-0.4, -0.2) is 57.3 Å². The third kappa shape index (κ3) is 5.50. The molecule has 3 aliphatic heterocycles. The first-order valence-electron chi connectivity index (χ1n) is 9.06. The molecule has 4 atom stereocenters. The van der Waals surface area contributed by atoms with E-state index >= 15 is 0 Å². The monoisotopic (exact) mass is 435 g/mol. The maximum Gasteiger partial charge on any atom is 0.333 e. The zero-order valence-electron chi connectivity index (χ0n) is 16.7. The van der Waals surface area contributed by atoms with Crippen molar-refractivity contribution in [1.82, 2.24) is 0 Å². The Kier molecular flexibility index (Phi) is 6.07. The number of nitrogens with two attached hydrogens (primary N) is 1. The van der Waals surface area contributed by atoms with E-state index < -0.39 is 46.5 Å². The third-order valence-corrected chi connectivity index (χ3v) is 4.88. The first kappa shape index (κ1) is 22.5. The minimum Gasteiger partial charge on any atom is -0.343 e. The van der Waals surface area contributed by atoms with E-state index in [1.54, 1.807) is 45.9 Å². The standard InChI is InChI=1S/C12H21NO8S.C6H5F/c1-10(2)18-7-5-16-12(6-17-22(13,14)15)9(8(7)19-10)20-11(3,4)21-12;7-6-4-2-1-3-5-6/h7-9H,5-6H2,1-4H3,(H2,13,14,15);1-5H/t7-,8-,9+,12+;/m1./s1. The number of fused-ring (bicyclic) bond motifs is 3. The van der Waals surface area contributed by atoms with Gasteiger partial charge in [0.25, 0.3) is 0 Å². The van der Waals surface area contributed by atoms with Crippen molar-refractivity contribution in [3.8, 4) is 0 Å². The summed E-state index contributed by atoms with van der Waals surface area (Å²) in [6.07, 6.45) is -1.50. The second-order valence-corrected chi connectivity index (χ2v) is 9.07. The molecule has 1 aromatic carbocycles. The third-order valence-electron chi connectivity index (χ3n) is 4.43. The SMILES string of the molecule is CC1(C)O[C@@H]2[C@@H](CO[C@@]3(COS(N)(=O)=O)OC(C)(C)O[C@@H]23)O1.Fc1ccccc1. The average molecular weight is 435 g/mol. The highest BCUT2D eigenvalue weighted by molar-refractivity contribution is 7.84. The summed E-state index contributed by atoms with van der Waals surface area (Å²) in [5.41, 5.74) is 0. The summed E-state index contributed by atoms with van der Waals surface area (Å²) >= 11 is 0. The molecule has 1 aromatic rings. The normalized spacial score (nSPS) is 34.6. The van der Waals surface area contributed by atoms with Crippen LogP contribution in [0.5, 0.6) is 0 Å². The summed E-state index contributed by atoms with van der Waals surface area (Å²) < 4.78 is 67.8. The van der Waals surface area contributed by atoms with Gasteiger partial charge in [-0.15, -0.1) is 0 Å². The van der Waals surface area contributed by atoms with Gasteiger partial charge in [0.1, 0.15) is 30.7 Å². The molecule has 11 heteroatoms. The lowest BCUT2D eigenvalue weighted by atomic mass is 9.98. The van der Waals surface area contributed by atoms with E-state index in [1.807, 2.05) is 0 Å². The predicted molar refractivity (Wildman–Crippen MR) is 98.0 cm³/mol. The van der Waals surface area contributed by atoms with Crippen molar-refractivity contribution in [2.75, 3.05) is 13.2 Å². The molecular formula is C18H26FNO8S. The molecule has 9 nitrogen and oxygen atoms in total. The molecule has 2 N–H and O–H groups in total. The average Bonchev–Trinajstić information content (AvgIpc) is 3.05. The van der Waals surface area contributed by atoms with Crippen molar-refractivity contribution in [1.29, 1.82) is 0 Å². The van der Waals surface area contributed by atoms with Crippen molar-refractivity contribution in [3.63, 3.8) is 0 Å². The molecule has 164 valence electrons. The van der Waals surface area contributed by atoms with Gasteiger partial charge in [0.2, 0.25) is 5.79 Å². The van der Waals surface area contributed by atoms with Crippen LogP contribution in [0.3, 0.4) is 0 Å². The molecule has 0 radical (unpaired) electrons. The van der Waals surface area contributed by atoms with Crippen molar-refractivity contribution in [3.05, 3.63) is 36.1 Å².